The minimum Gasteiger partial charge on any atom is -0.326 e. The molecule has 4 aromatic rings. The molecule has 0 aromatic heterocycles. The molecular formula is C40H42ClNO5S. The molecule has 0 spiro atoms. The Balaban J connectivity index is 0.00000123. The third-order valence-corrected chi connectivity index (χ3v) is 9.05. The zero-order chi connectivity index (χ0) is 34.8. The summed E-state index contributed by atoms with van der Waals surface area (Å²) in [5.41, 5.74) is 9.74. The van der Waals surface area contributed by atoms with Crippen LogP contribution >= 0.6 is 11.6 Å². The number of carbonyl (C=O) groups excluding carboxylic acids is 2. The Hall–Kier alpha value is -4.33. The number of benzene rings is 4. The zero-order valence-corrected chi connectivity index (χ0v) is 29.5. The summed E-state index contributed by atoms with van der Waals surface area (Å²) < 4.78 is 25.3. The maximum Gasteiger partial charge on any atom is 0.425 e. The van der Waals surface area contributed by atoms with Gasteiger partial charge in [0, 0.05) is 22.7 Å². The first-order valence-electron chi connectivity index (χ1n) is 16.2. The lowest BCUT2D eigenvalue weighted by atomic mass is 9.77. The van der Waals surface area contributed by atoms with Crippen molar-refractivity contribution in [3.05, 3.63) is 130 Å². The average Bonchev–Trinajstić information content (AvgIpc) is 3.04. The highest BCUT2D eigenvalue weighted by Gasteiger charge is 2.24. The van der Waals surface area contributed by atoms with Crippen LogP contribution in [0.2, 0.25) is 5.02 Å². The number of amides is 1. The van der Waals surface area contributed by atoms with Gasteiger partial charge < -0.3 is 5.32 Å². The molecule has 0 radical (unpaired) electrons. The van der Waals surface area contributed by atoms with Crippen LogP contribution in [0.5, 0.6) is 0 Å². The van der Waals surface area contributed by atoms with Crippen molar-refractivity contribution in [3.8, 4) is 11.1 Å². The zero-order valence-electron chi connectivity index (χ0n) is 27.9. The van der Waals surface area contributed by atoms with Crippen LogP contribution in [0.15, 0.2) is 97.1 Å². The summed E-state index contributed by atoms with van der Waals surface area (Å²) in [5.74, 6) is -0.293. The number of carbonyl (C=O) groups is 2. The van der Waals surface area contributed by atoms with Gasteiger partial charge in [-0.25, -0.2) is 0 Å². The number of halogens is 1. The lowest BCUT2D eigenvalue weighted by Gasteiger charge is -2.28. The van der Waals surface area contributed by atoms with Crippen LogP contribution in [0.25, 0.3) is 16.7 Å². The van der Waals surface area contributed by atoms with Crippen LogP contribution in [-0.4, -0.2) is 24.3 Å². The molecule has 1 aliphatic rings. The van der Waals surface area contributed by atoms with Crippen molar-refractivity contribution in [2.75, 3.05) is 5.32 Å². The van der Waals surface area contributed by atoms with Crippen molar-refractivity contribution in [1.82, 2.24) is 0 Å². The Morgan fingerprint density at radius 2 is 1.50 bits per heavy atom. The molecule has 0 fully saturated rings. The summed E-state index contributed by atoms with van der Waals surface area (Å²) in [6.45, 7) is 8.71. The second-order valence-corrected chi connectivity index (χ2v) is 13.9. The van der Waals surface area contributed by atoms with Crippen LogP contribution in [0.3, 0.4) is 0 Å². The lowest BCUT2D eigenvalue weighted by Crippen LogP contribution is -2.23. The van der Waals surface area contributed by atoms with Gasteiger partial charge in [0.05, 0.1) is 5.92 Å². The smallest absolute Gasteiger partial charge is 0.326 e. The lowest BCUT2D eigenvalue weighted by molar-refractivity contribution is -0.117. The molecule has 0 aliphatic heterocycles. The summed E-state index contributed by atoms with van der Waals surface area (Å²) in [7, 11) is -3.11. The Morgan fingerprint density at radius 3 is 2.06 bits per heavy atom. The molecule has 1 N–H and O–H groups in total. The predicted octanol–water partition coefficient (Wildman–Crippen LogP) is 9.85. The largest absolute Gasteiger partial charge is 0.425 e. The highest BCUT2D eigenvalue weighted by molar-refractivity contribution is 7.59. The van der Waals surface area contributed by atoms with Crippen molar-refractivity contribution in [2.24, 2.45) is 5.41 Å². The van der Waals surface area contributed by atoms with E-state index in [-0.39, 0.29) is 11.7 Å². The van der Waals surface area contributed by atoms with Gasteiger partial charge in [0.15, 0.2) is 5.78 Å². The van der Waals surface area contributed by atoms with Crippen LogP contribution in [-0.2, 0) is 21.8 Å². The van der Waals surface area contributed by atoms with Gasteiger partial charge in [-0.3, -0.25) is 9.59 Å². The maximum atomic E-state index is 13.9. The molecule has 0 unspecified atom stereocenters. The van der Waals surface area contributed by atoms with E-state index >= 15 is 0 Å². The van der Waals surface area contributed by atoms with Gasteiger partial charge >= 0.3 is 10.6 Å². The van der Waals surface area contributed by atoms with E-state index in [1.54, 1.807) is 0 Å². The first kappa shape index (κ1) is 36.5. The normalized spacial score (nSPS) is 14.1. The van der Waals surface area contributed by atoms with E-state index in [2.05, 4.69) is 49.5 Å². The number of nitrogens with one attached hydrogen (secondary N) is 1. The van der Waals surface area contributed by atoms with E-state index in [9.17, 15) is 9.59 Å². The molecule has 1 amide bonds. The molecule has 5 rings (SSSR count). The summed E-state index contributed by atoms with van der Waals surface area (Å²) in [4.78, 5) is 26.3. The van der Waals surface area contributed by atoms with Gasteiger partial charge in [-0.05, 0) is 108 Å². The second kappa shape index (κ2) is 16.7. The molecule has 0 saturated carbocycles. The summed E-state index contributed by atoms with van der Waals surface area (Å²) >= 11 is 6.15. The molecule has 8 heteroatoms. The number of aryl methyl sites for hydroxylation is 1. The molecule has 0 saturated heterocycles. The number of allylic oxidation sites excluding steroid dienone is 2. The van der Waals surface area contributed by atoms with Crippen LogP contribution < -0.4 is 5.32 Å². The standard InChI is InChI=1S/C40H42ClNO2.O3S/c1-5-6-38(43)33-9-7-28(8-10-33)26-37(32-13-11-29(12-14-32)30-21-23-40(3,4)24-22-30)39(44)42-35-18-15-31(16-19-35)36-20-17-34(41)25-27(36)2;1-4(2)3/h7-21,25,37H,5-6,22-24,26H2,1-4H3,(H,42,44);/t37-;/m0./s1. The summed E-state index contributed by atoms with van der Waals surface area (Å²) in [5, 5.41) is 3.89. The monoisotopic (exact) mass is 683 g/mol. The Labute approximate surface area is 290 Å². The van der Waals surface area contributed by atoms with Crippen molar-refractivity contribution < 1.29 is 22.2 Å². The molecular weight excluding hydrogens is 642 g/mol. The van der Waals surface area contributed by atoms with Gasteiger partial charge in [-0.15, -0.1) is 12.6 Å². The fourth-order valence-electron chi connectivity index (χ4n) is 5.98. The molecule has 6 nitrogen and oxygen atoms in total. The van der Waals surface area contributed by atoms with Gasteiger partial charge in [0.2, 0.25) is 5.91 Å². The van der Waals surface area contributed by atoms with Gasteiger partial charge in [0.25, 0.3) is 0 Å². The van der Waals surface area contributed by atoms with Gasteiger partial charge in [-0.1, -0.05) is 105 Å². The maximum absolute atomic E-state index is 13.9. The number of Topliss-reactive ketones (excluding diaryl/α,β-unsaturated/α-hetero) is 1. The molecule has 1 atom stereocenters. The van der Waals surface area contributed by atoms with Crippen molar-refractivity contribution in [3.63, 3.8) is 0 Å². The molecule has 0 bridgehead atoms. The van der Waals surface area contributed by atoms with Crippen molar-refractivity contribution in [1.29, 1.82) is 0 Å². The molecule has 0 heterocycles. The van der Waals surface area contributed by atoms with E-state index in [1.165, 1.54) is 17.6 Å². The number of ketones is 1. The van der Waals surface area contributed by atoms with Gasteiger partial charge in [0.1, 0.15) is 0 Å². The highest BCUT2D eigenvalue weighted by Crippen LogP contribution is 2.38. The van der Waals surface area contributed by atoms with Crippen molar-refractivity contribution in [2.45, 2.75) is 72.1 Å². The second-order valence-electron chi connectivity index (χ2n) is 13.1. The SMILES string of the molecule is CCCC(=O)c1ccc(C[C@H](C(=O)Nc2ccc(-c3ccc(Cl)cc3C)cc2)c2ccc(C3=CCC(C)(C)CC3)cc2)cc1.O=S(=O)=O. The molecule has 1 aliphatic carbocycles. The van der Waals surface area contributed by atoms with E-state index in [4.69, 9.17) is 24.2 Å². The van der Waals surface area contributed by atoms with Crippen LogP contribution in [0, 0.1) is 12.3 Å². The Kier molecular flexibility index (Phi) is 12.7. The third kappa shape index (κ3) is 10.3. The summed E-state index contributed by atoms with van der Waals surface area (Å²) in [6.07, 6.45) is 7.62. The number of hydrogen-bond acceptors (Lipinski definition) is 5. The van der Waals surface area contributed by atoms with E-state index < -0.39 is 16.5 Å². The van der Waals surface area contributed by atoms with Crippen molar-refractivity contribution >= 4 is 45.2 Å². The first-order valence-corrected chi connectivity index (χ1v) is 17.6. The van der Waals surface area contributed by atoms with E-state index in [0.717, 1.165) is 63.4 Å². The highest BCUT2D eigenvalue weighted by atomic mass is 35.5. The van der Waals surface area contributed by atoms with E-state index in [0.29, 0.717) is 18.3 Å². The quantitative estimate of drug-likeness (QED) is 0.168. The minimum atomic E-state index is -3.11. The fourth-order valence-corrected chi connectivity index (χ4v) is 6.20. The molecule has 4 aromatic carbocycles. The summed E-state index contributed by atoms with van der Waals surface area (Å²) in [6, 6.07) is 30.1. The minimum absolute atomic E-state index is 0.0575. The fraction of sp³-hybridized carbons (Fsp3) is 0.300. The topological polar surface area (TPSA) is 97.4 Å². The van der Waals surface area contributed by atoms with Crippen LogP contribution in [0.4, 0.5) is 5.69 Å². The first-order chi connectivity index (χ1) is 22.8. The Bertz CT molecular complexity index is 1870. The Morgan fingerprint density at radius 1 is 0.875 bits per heavy atom. The average molecular weight is 684 g/mol. The number of hydrogen-bond donors (Lipinski definition) is 1. The van der Waals surface area contributed by atoms with Gasteiger partial charge in [-0.2, -0.15) is 0 Å². The number of rotatable bonds is 10. The molecule has 250 valence electrons. The number of anilines is 1. The van der Waals surface area contributed by atoms with E-state index in [1.807, 2.05) is 80.6 Å². The predicted molar refractivity (Wildman–Crippen MR) is 194 cm³/mol. The molecule has 48 heavy (non-hydrogen) atoms. The third-order valence-electron chi connectivity index (χ3n) is 8.82. The van der Waals surface area contributed by atoms with Crippen LogP contribution in [0.1, 0.15) is 91.4 Å².